The van der Waals surface area contributed by atoms with Gasteiger partial charge in [0.15, 0.2) is 0 Å². The summed E-state index contributed by atoms with van der Waals surface area (Å²) in [4.78, 5) is 0. The van der Waals surface area contributed by atoms with Crippen molar-refractivity contribution in [3.8, 4) is 0 Å². The Morgan fingerprint density at radius 1 is 1.58 bits per heavy atom. The molecule has 0 bridgehead atoms. The van der Waals surface area contributed by atoms with Crippen LogP contribution in [0.25, 0.3) is 0 Å². The van der Waals surface area contributed by atoms with Crippen molar-refractivity contribution in [2.45, 2.75) is 38.3 Å². The van der Waals surface area contributed by atoms with E-state index in [4.69, 9.17) is 9.84 Å². The lowest BCUT2D eigenvalue weighted by molar-refractivity contribution is 0.0132. The van der Waals surface area contributed by atoms with E-state index in [9.17, 15) is 0 Å². The van der Waals surface area contributed by atoms with Crippen molar-refractivity contribution in [2.24, 2.45) is 0 Å². The molecular weight excluding hydrogens is 154 g/mol. The second-order valence-electron chi connectivity index (χ2n) is 3.43. The van der Waals surface area contributed by atoms with Crippen molar-refractivity contribution in [1.82, 2.24) is 5.32 Å². The number of ether oxygens (including phenoxy) is 1. The third-order valence-electron chi connectivity index (χ3n) is 2.25. The smallest absolute Gasteiger partial charge is 0.0561 e. The van der Waals surface area contributed by atoms with Gasteiger partial charge in [0.2, 0.25) is 0 Å². The Morgan fingerprint density at radius 3 is 3.08 bits per heavy atom. The maximum absolute atomic E-state index is 8.58. The summed E-state index contributed by atoms with van der Waals surface area (Å²) >= 11 is 0. The van der Waals surface area contributed by atoms with Gasteiger partial charge in [-0.1, -0.05) is 0 Å². The first kappa shape index (κ1) is 9.96. The first-order valence-corrected chi connectivity index (χ1v) is 4.78. The van der Waals surface area contributed by atoms with Crippen LogP contribution in [0.5, 0.6) is 0 Å². The highest BCUT2D eigenvalue weighted by molar-refractivity contribution is 4.74. The lowest BCUT2D eigenvalue weighted by atomic mass is 10.0. The molecule has 0 saturated carbocycles. The van der Waals surface area contributed by atoms with E-state index >= 15 is 0 Å². The third kappa shape index (κ3) is 3.52. The Bertz CT molecular complexity index is 119. The molecule has 2 atom stereocenters. The molecule has 1 aliphatic heterocycles. The fourth-order valence-electron chi connectivity index (χ4n) is 1.57. The van der Waals surface area contributed by atoms with Gasteiger partial charge in [-0.05, 0) is 32.7 Å². The van der Waals surface area contributed by atoms with E-state index in [1.54, 1.807) is 0 Å². The van der Waals surface area contributed by atoms with Crippen LogP contribution in [0.2, 0.25) is 0 Å². The molecule has 0 radical (unpaired) electrons. The topological polar surface area (TPSA) is 41.5 Å². The maximum Gasteiger partial charge on any atom is 0.0561 e. The van der Waals surface area contributed by atoms with Gasteiger partial charge < -0.3 is 15.2 Å². The predicted octanol–water partition coefficient (Wildman–Crippen LogP) is 0.526. The summed E-state index contributed by atoms with van der Waals surface area (Å²) in [6.07, 6.45) is 3.46. The lowest BCUT2D eigenvalue weighted by Gasteiger charge is -2.27. The van der Waals surface area contributed by atoms with Crippen molar-refractivity contribution >= 4 is 0 Å². The van der Waals surface area contributed by atoms with Crippen molar-refractivity contribution in [3.05, 3.63) is 0 Å². The van der Waals surface area contributed by atoms with Crippen molar-refractivity contribution in [1.29, 1.82) is 0 Å². The molecular formula is C9H19NO2. The van der Waals surface area contributed by atoms with E-state index in [2.05, 4.69) is 12.2 Å². The molecule has 1 aliphatic rings. The summed E-state index contributed by atoms with van der Waals surface area (Å²) in [6.45, 7) is 4.19. The minimum atomic E-state index is 0.284. The molecule has 3 nitrogen and oxygen atoms in total. The molecule has 12 heavy (non-hydrogen) atoms. The van der Waals surface area contributed by atoms with E-state index < -0.39 is 0 Å². The van der Waals surface area contributed by atoms with E-state index in [0.29, 0.717) is 12.1 Å². The lowest BCUT2D eigenvalue weighted by Crippen LogP contribution is -2.38. The van der Waals surface area contributed by atoms with Crippen molar-refractivity contribution in [3.63, 3.8) is 0 Å². The molecule has 0 aromatic heterocycles. The summed E-state index contributed by atoms with van der Waals surface area (Å²) in [7, 11) is 0. The van der Waals surface area contributed by atoms with Gasteiger partial charge in [-0.25, -0.2) is 0 Å². The average molecular weight is 173 g/mol. The Kier molecular flexibility index (Phi) is 4.58. The van der Waals surface area contributed by atoms with Crippen molar-refractivity contribution in [2.75, 3.05) is 19.8 Å². The molecule has 0 aromatic carbocycles. The number of aliphatic hydroxyl groups excluding tert-OH is 1. The molecule has 3 heteroatoms. The second kappa shape index (κ2) is 5.51. The zero-order chi connectivity index (χ0) is 8.81. The summed E-state index contributed by atoms with van der Waals surface area (Å²) in [5.41, 5.74) is 0. The maximum atomic E-state index is 8.58. The Morgan fingerprint density at radius 2 is 2.42 bits per heavy atom. The number of nitrogens with one attached hydrogen (secondary N) is 1. The van der Waals surface area contributed by atoms with Crippen LogP contribution in [-0.4, -0.2) is 37.0 Å². The molecule has 1 fully saturated rings. The van der Waals surface area contributed by atoms with Gasteiger partial charge in [0.05, 0.1) is 6.10 Å². The van der Waals surface area contributed by atoms with Crippen LogP contribution in [0, 0.1) is 0 Å². The predicted molar refractivity (Wildman–Crippen MR) is 48.1 cm³/mol. The highest BCUT2D eigenvalue weighted by atomic mass is 16.5. The third-order valence-corrected chi connectivity index (χ3v) is 2.25. The molecule has 0 amide bonds. The zero-order valence-corrected chi connectivity index (χ0v) is 7.75. The van der Waals surface area contributed by atoms with Crippen LogP contribution in [0.1, 0.15) is 26.2 Å². The number of hydrogen-bond acceptors (Lipinski definition) is 3. The van der Waals surface area contributed by atoms with Crippen LogP contribution >= 0.6 is 0 Å². The molecule has 1 heterocycles. The molecule has 0 spiro atoms. The Hall–Kier alpha value is -0.120. The molecule has 72 valence electrons. The molecule has 0 aromatic rings. The fourth-order valence-corrected chi connectivity index (χ4v) is 1.57. The highest BCUT2D eigenvalue weighted by Gasteiger charge is 2.17. The van der Waals surface area contributed by atoms with Gasteiger partial charge in [-0.2, -0.15) is 0 Å². The van der Waals surface area contributed by atoms with Crippen LogP contribution < -0.4 is 5.32 Å². The first-order chi connectivity index (χ1) is 5.83. The second-order valence-corrected chi connectivity index (χ2v) is 3.43. The van der Waals surface area contributed by atoms with Gasteiger partial charge >= 0.3 is 0 Å². The van der Waals surface area contributed by atoms with Crippen LogP contribution in [0.3, 0.4) is 0 Å². The molecule has 1 saturated heterocycles. The summed E-state index contributed by atoms with van der Waals surface area (Å²) in [5, 5.41) is 12.0. The standard InChI is InChI=1S/C9H19NO2/c1-8-7-9(3-6-12-8)10-4-2-5-11/h8-11H,2-7H2,1H3. The van der Waals surface area contributed by atoms with Gasteiger partial charge in [-0.15, -0.1) is 0 Å². The summed E-state index contributed by atoms with van der Waals surface area (Å²) in [6, 6.07) is 0.597. The largest absolute Gasteiger partial charge is 0.396 e. The Labute approximate surface area is 74.1 Å². The summed E-state index contributed by atoms with van der Waals surface area (Å²) in [5.74, 6) is 0. The van der Waals surface area contributed by atoms with Crippen LogP contribution in [-0.2, 0) is 4.74 Å². The highest BCUT2D eigenvalue weighted by Crippen LogP contribution is 2.12. The first-order valence-electron chi connectivity index (χ1n) is 4.78. The monoisotopic (exact) mass is 173 g/mol. The van der Waals surface area contributed by atoms with Gasteiger partial charge in [0.25, 0.3) is 0 Å². The quantitative estimate of drug-likeness (QED) is 0.609. The summed E-state index contributed by atoms with van der Waals surface area (Å²) < 4.78 is 5.42. The molecule has 2 N–H and O–H groups in total. The molecule has 1 rings (SSSR count). The van der Waals surface area contributed by atoms with Crippen LogP contribution in [0.15, 0.2) is 0 Å². The molecule has 0 aliphatic carbocycles. The van der Waals surface area contributed by atoms with Gasteiger partial charge in [0, 0.05) is 19.3 Å². The van der Waals surface area contributed by atoms with Crippen molar-refractivity contribution < 1.29 is 9.84 Å². The van der Waals surface area contributed by atoms with E-state index in [0.717, 1.165) is 32.4 Å². The SMILES string of the molecule is CC1CC(NCCCO)CCO1. The number of hydrogen-bond donors (Lipinski definition) is 2. The van der Waals surface area contributed by atoms with Gasteiger partial charge in [-0.3, -0.25) is 0 Å². The number of aliphatic hydroxyl groups is 1. The average Bonchev–Trinajstić information content (AvgIpc) is 2.05. The molecule has 2 unspecified atom stereocenters. The minimum Gasteiger partial charge on any atom is -0.396 e. The van der Waals surface area contributed by atoms with Crippen LogP contribution in [0.4, 0.5) is 0 Å². The normalized spacial score (nSPS) is 30.5. The number of rotatable bonds is 4. The minimum absolute atomic E-state index is 0.284. The fraction of sp³-hybridized carbons (Fsp3) is 1.00. The van der Waals surface area contributed by atoms with E-state index in [-0.39, 0.29) is 6.61 Å². The van der Waals surface area contributed by atoms with E-state index in [1.165, 1.54) is 0 Å². The van der Waals surface area contributed by atoms with E-state index in [1.807, 2.05) is 0 Å². The zero-order valence-electron chi connectivity index (χ0n) is 7.75. The van der Waals surface area contributed by atoms with Gasteiger partial charge in [0.1, 0.15) is 0 Å². The Balaban J connectivity index is 2.06.